The molecule has 0 aromatic heterocycles. The zero-order valence-electron chi connectivity index (χ0n) is 15.2. The van der Waals surface area contributed by atoms with Crippen molar-refractivity contribution in [2.24, 2.45) is 11.3 Å². The highest BCUT2D eigenvalue weighted by Gasteiger charge is 2.39. The number of carbonyl (C=O) groups is 2. The second kappa shape index (κ2) is 7.72. The Balaban J connectivity index is 1.52. The van der Waals surface area contributed by atoms with E-state index in [-0.39, 0.29) is 29.8 Å². The number of nitrogens with zero attached hydrogens (tertiary/aromatic N) is 1. The van der Waals surface area contributed by atoms with Crippen LogP contribution >= 0.6 is 0 Å². The van der Waals surface area contributed by atoms with E-state index in [1.165, 1.54) is 12.1 Å². The minimum absolute atomic E-state index is 0.0330. The van der Waals surface area contributed by atoms with Crippen LogP contribution in [-0.2, 0) is 16.1 Å². The highest BCUT2D eigenvalue weighted by molar-refractivity contribution is 5.83. The van der Waals surface area contributed by atoms with Crippen molar-refractivity contribution in [3.8, 4) is 0 Å². The molecule has 0 spiro atoms. The van der Waals surface area contributed by atoms with Crippen molar-refractivity contribution in [2.75, 3.05) is 13.1 Å². The summed E-state index contributed by atoms with van der Waals surface area (Å²) in [4.78, 5) is 27.0. The number of carbonyl (C=O) groups excluding carboxylic acids is 2. The molecule has 26 heavy (non-hydrogen) atoms. The van der Waals surface area contributed by atoms with Gasteiger partial charge in [0, 0.05) is 42.6 Å². The molecule has 0 radical (unpaired) electrons. The van der Waals surface area contributed by atoms with Gasteiger partial charge in [0.05, 0.1) is 0 Å². The quantitative estimate of drug-likeness (QED) is 0.890. The summed E-state index contributed by atoms with van der Waals surface area (Å²) in [7, 11) is 0. The van der Waals surface area contributed by atoms with Crippen molar-refractivity contribution in [3.63, 3.8) is 0 Å². The van der Waals surface area contributed by atoms with Crippen LogP contribution in [-0.4, -0.2) is 29.8 Å². The summed E-state index contributed by atoms with van der Waals surface area (Å²) in [5.74, 6) is -1.04. The van der Waals surface area contributed by atoms with Gasteiger partial charge in [0.2, 0.25) is 11.8 Å². The number of hydrogen-bond acceptors (Lipinski definition) is 2. The van der Waals surface area contributed by atoms with E-state index in [1.54, 1.807) is 0 Å². The van der Waals surface area contributed by atoms with Gasteiger partial charge in [-0.2, -0.15) is 0 Å². The molecule has 1 aliphatic heterocycles. The second-order valence-electron chi connectivity index (χ2n) is 7.79. The number of rotatable bonds is 4. The minimum Gasteiger partial charge on any atom is -0.351 e. The Bertz CT molecular complexity index is 678. The van der Waals surface area contributed by atoms with Crippen LogP contribution in [0.5, 0.6) is 0 Å². The summed E-state index contributed by atoms with van der Waals surface area (Å²) in [6, 6.07) is 3.34. The van der Waals surface area contributed by atoms with Gasteiger partial charge in [0.15, 0.2) is 0 Å². The molecule has 142 valence electrons. The standard InChI is InChI=1S/C20H26F2N2O2/c1-20(19(26)23-13-15-6-7-16(21)12-17(15)22)8-10-24(11-9-20)18(25)14-4-2-3-5-14/h6-7,12,14H,2-5,8-11,13H2,1H3,(H,23,26). The number of nitrogens with one attached hydrogen (secondary N) is 1. The molecule has 2 aliphatic rings. The molecule has 3 rings (SSSR count). The SMILES string of the molecule is CC1(C(=O)NCc2ccc(F)cc2F)CCN(C(=O)C2CCCC2)CC1. The topological polar surface area (TPSA) is 49.4 Å². The summed E-state index contributed by atoms with van der Waals surface area (Å²) in [6.07, 6.45) is 5.42. The highest BCUT2D eigenvalue weighted by Crippen LogP contribution is 2.34. The van der Waals surface area contributed by atoms with E-state index >= 15 is 0 Å². The molecule has 1 aromatic rings. The van der Waals surface area contributed by atoms with Crippen LogP contribution in [0.4, 0.5) is 8.78 Å². The first-order valence-electron chi connectivity index (χ1n) is 9.40. The number of hydrogen-bond donors (Lipinski definition) is 1. The van der Waals surface area contributed by atoms with Crippen molar-refractivity contribution >= 4 is 11.8 Å². The molecule has 6 heteroatoms. The normalized spacial score (nSPS) is 20.2. The van der Waals surface area contributed by atoms with Gasteiger partial charge < -0.3 is 10.2 Å². The number of halogens is 2. The fourth-order valence-electron chi connectivity index (χ4n) is 3.93. The van der Waals surface area contributed by atoms with Gasteiger partial charge in [-0.1, -0.05) is 25.8 Å². The van der Waals surface area contributed by atoms with Crippen molar-refractivity contribution in [3.05, 3.63) is 35.4 Å². The molecule has 2 amide bonds. The maximum atomic E-state index is 13.7. The lowest BCUT2D eigenvalue weighted by atomic mass is 9.79. The third-order valence-electron chi connectivity index (χ3n) is 5.89. The molecule has 1 N–H and O–H groups in total. The van der Waals surface area contributed by atoms with E-state index in [1.807, 2.05) is 11.8 Å². The van der Waals surface area contributed by atoms with Crippen LogP contribution < -0.4 is 5.32 Å². The summed E-state index contributed by atoms with van der Waals surface area (Å²) in [6.45, 7) is 3.10. The van der Waals surface area contributed by atoms with Crippen molar-refractivity contribution in [1.82, 2.24) is 10.2 Å². The van der Waals surface area contributed by atoms with E-state index in [9.17, 15) is 18.4 Å². The molecular formula is C20H26F2N2O2. The third-order valence-corrected chi connectivity index (χ3v) is 5.89. The maximum Gasteiger partial charge on any atom is 0.226 e. The summed E-state index contributed by atoms with van der Waals surface area (Å²) >= 11 is 0. The second-order valence-corrected chi connectivity index (χ2v) is 7.79. The molecular weight excluding hydrogens is 338 g/mol. The summed E-state index contributed by atoms with van der Waals surface area (Å²) in [5, 5.41) is 2.76. The average Bonchev–Trinajstić information content (AvgIpc) is 3.15. The van der Waals surface area contributed by atoms with Crippen LogP contribution in [0.25, 0.3) is 0 Å². The van der Waals surface area contributed by atoms with Gasteiger partial charge in [0.1, 0.15) is 11.6 Å². The Morgan fingerprint density at radius 1 is 1.19 bits per heavy atom. The molecule has 1 aliphatic carbocycles. The van der Waals surface area contributed by atoms with Crippen LogP contribution in [0.15, 0.2) is 18.2 Å². The predicted octanol–water partition coefficient (Wildman–Crippen LogP) is 3.40. The largest absolute Gasteiger partial charge is 0.351 e. The lowest BCUT2D eigenvalue weighted by molar-refractivity contribution is -0.142. The van der Waals surface area contributed by atoms with Crippen LogP contribution in [0.1, 0.15) is 51.0 Å². The van der Waals surface area contributed by atoms with Crippen molar-refractivity contribution in [2.45, 2.75) is 52.0 Å². The molecule has 1 saturated carbocycles. The maximum absolute atomic E-state index is 13.7. The Hall–Kier alpha value is -1.98. The first-order valence-corrected chi connectivity index (χ1v) is 9.40. The summed E-state index contributed by atoms with van der Waals surface area (Å²) < 4.78 is 26.6. The molecule has 2 fully saturated rings. The zero-order chi connectivity index (χ0) is 18.7. The van der Waals surface area contributed by atoms with Crippen LogP contribution in [0.3, 0.4) is 0 Å². The molecule has 1 aromatic carbocycles. The number of amides is 2. The van der Waals surface area contributed by atoms with Gasteiger partial charge in [-0.15, -0.1) is 0 Å². The molecule has 0 bridgehead atoms. The molecule has 0 unspecified atom stereocenters. The Labute approximate surface area is 152 Å². The minimum atomic E-state index is -0.660. The number of benzene rings is 1. The lowest BCUT2D eigenvalue weighted by Gasteiger charge is -2.39. The van der Waals surface area contributed by atoms with Gasteiger partial charge >= 0.3 is 0 Å². The van der Waals surface area contributed by atoms with Gasteiger partial charge in [-0.05, 0) is 31.7 Å². The first kappa shape index (κ1) is 18.8. The molecule has 4 nitrogen and oxygen atoms in total. The Morgan fingerprint density at radius 2 is 1.85 bits per heavy atom. The van der Waals surface area contributed by atoms with Gasteiger partial charge in [0.25, 0.3) is 0 Å². The first-order chi connectivity index (χ1) is 12.4. The average molecular weight is 364 g/mol. The molecule has 1 heterocycles. The van der Waals surface area contributed by atoms with Gasteiger partial charge in [-0.3, -0.25) is 9.59 Å². The van der Waals surface area contributed by atoms with E-state index in [0.717, 1.165) is 31.7 Å². The van der Waals surface area contributed by atoms with E-state index in [2.05, 4.69) is 5.32 Å². The molecule has 1 saturated heterocycles. The third kappa shape index (κ3) is 4.05. The predicted molar refractivity (Wildman–Crippen MR) is 94.1 cm³/mol. The summed E-state index contributed by atoms with van der Waals surface area (Å²) in [5.41, 5.74) is -0.305. The van der Waals surface area contributed by atoms with Crippen molar-refractivity contribution in [1.29, 1.82) is 0 Å². The zero-order valence-corrected chi connectivity index (χ0v) is 15.2. The van der Waals surface area contributed by atoms with Gasteiger partial charge in [-0.25, -0.2) is 8.78 Å². The van der Waals surface area contributed by atoms with Crippen LogP contribution in [0.2, 0.25) is 0 Å². The van der Waals surface area contributed by atoms with E-state index in [0.29, 0.717) is 25.9 Å². The highest BCUT2D eigenvalue weighted by atomic mass is 19.1. The van der Waals surface area contributed by atoms with Crippen LogP contribution in [0, 0.1) is 23.0 Å². The Morgan fingerprint density at radius 3 is 2.46 bits per heavy atom. The Kier molecular flexibility index (Phi) is 5.58. The lowest BCUT2D eigenvalue weighted by Crippen LogP contribution is -2.49. The fourth-order valence-corrected chi connectivity index (χ4v) is 3.93. The number of piperidine rings is 1. The monoisotopic (exact) mass is 364 g/mol. The van der Waals surface area contributed by atoms with E-state index in [4.69, 9.17) is 0 Å². The fraction of sp³-hybridized carbons (Fsp3) is 0.600. The number of likely N-dealkylation sites (tertiary alicyclic amines) is 1. The van der Waals surface area contributed by atoms with E-state index < -0.39 is 17.0 Å². The van der Waals surface area contributed by atoms with Crippen molar-refractivity contribution < 1.29 is 18.4 Å². The smallest absolute Gasteiger partial charge is 0.226 e. The molecule has 0 atom stereocenters.